The van der Waals surface area contributed by atoms with Crippen molar-refractivity contribution in [2.75, 3.05) is 13.2 Å². The fourth-order valence-electron chi connectivity index (χ4n) is 6.55. The third-order valence-corrected chi connectivity index (χ3v) is 13.2. The maximum atomic E-state index is 16.4. The first kappa shape index (κ1) is 39.6. The summed E-state index contributed by atoms with van der Waals surface area (Å²) < 4.78 is 30.8. The molecule has 0 amide bonds. The number of thiophene rings is 2. The SMILES string of the molecule is CCCCC(CC)COc1ccc(-c2nc3c(-c4ccc(Br)s4)cc(F)c(-c4ccc(Br)s4)c3nc2-c2ccc(OCC(CC)CCCC)cc2)cc1. The second kappa shape index (κ2) is 19.0. The van der Waals surface area contributed by atoms with E-state index in [1.807, 2.05) is 60.7 Å². The monoisotopic (exact) mass is 876 g/mol. The van der Waals surface area contributed by atoms with E-state index in [1.165, 1.54) is 49.9 Å². The maximum Gasteiger partial charge on any atom is 0.134 e. The standard InChI is InChI=1S/C44H47Br2FN2O2S2/c1-5-9-11-28(7-3)26-50-32-17-13-30(14-18-32)41-42(31-15-19-33(20-16-31)51-27-29(8-4)12-10-6-2)49-44-40(37-22-24-39(46)53-37)35(47)25-34(43(44)48-41)36-21-23-38(45)52-36/h13-25,28-29H,5-12,26-27H2,1-4H3. The average molecular weight is 879 g/mol. The van der Waals surface area contributed by atoms with Gasteiger partial charge in [-0.1, -0.05) is 66.2 Å². The van der Waals surface area contributed by atoms with Gasteiger partial charge in [0.25, 0.3) is 0 Å². The summed E-state index contributed by atoms with van der Waals surface area (Å²) in [6.07, 6.45) is 9.37. The fourth-order valence-corrected chi connectivity index (χ4v) is 9.39. The smallest absolute Gasteiger partial charge is 0.134 e. The number of nitrogens with zero attached hydrogens (tertiary/aromatic N) is 2. The van der Waals surface area contributed by atoms with Gasteiger partial charge in [0.1, 0.15) is 22.8 Å². The number of rotatable bonds is 18. The summed E-state index contributed by atoms with van der Waals surface area (Å²) in [7, 11) is 0. The van der Waals surface area contributed by atoms with Gasteiger partial charge in [0, 0.05) is 26.4 Å². The van der Waals surface area contributed by atoms with Gasteiger partial charge in [-0.3, -0.25) is 0 Å². The number of aromatic nitrogens is 2. The van der Waals surface area contributed by atoms with Crippen LogP contribution in [0.3, 0.4) is 0 Å². The van der Waals surface area contributed by atoms with Crippen LogP contribution < -0.4 is 9.47 Å². The first-order chi connectivity index (χ1) is 25.8. The number of hydrogen-bond donors (Lipinski definition) is 0. The van der Waals surface area contributed by atoms with E-state index in [2.05, 4.69) is 71.7 Å². The zero-order valence-electron chi connectivity index (χ0n) is 30.9. The number of hydrogen-bond acceptors (Lipinski definition) is 6. The molecule has 0 saturated carbocycles. The minimum atomic E-state index is -0.331. The summed E-state index contributed by atoms with van der Waals surface area (Å²) in [5, 5.41) is 0. The highest BCUT2D eigenvalue weighted by Gasteiger charge is 2.24. The van der Waals surface area contributed by atoms with Gasteiger partial charge in [-0.25, -0.2) is 14.4 Å². The molecule has 0 saturated heterocycles. The largest absolute Gasteiger partial charge is 0.493 e. The fraction of sp³-hybridized carbons (Fsp3) is 0.364. The van der Waals surface area contributed by atoms with Crippen LogP contribution in [-0.4, -0.2) is 23.2 Å². The van der Waals surface area contributed by atoms with Crippen molar-refractivity contribution in [1.82, 2.24) is 9.97 Å². The molecule has 0 N–H and O–H groups in total. The lowest BCUT2D eigenvalue weighted by Gasteiger charge is -2.17. The van der Waals surface area contributed by atoms with Gasteiger partial charge in [-0.2, -0.15) is 0 Å². The molecular weight excluding hydrogens is 831 g/mol. The molecule has 0 spiro atoms. The summed E-state index contributed by atoms with van der Waals surface area (Å²) >= 11 is 10.2. The van der Waals surface area contributed by atoms with Crippen LogP contribution in [-0.2, 0) is 0 Å². The van der Waals surface area contributed by atoms with E-state index < -0.39 is 0 Å². The summed E-state index contributed by atoms with van der Waals surface area (Å²) in [6.45, 7) is 10.3. The van der Waals surface area contributed by atoms with Crippen molar-refractivity contribution in [2.24, 2.45) is 11.8 Å². The highest BCUT2D eigenvalue weighted by atomic mass is 79.9. The van der Waals surface area contributed by atoms with Gasteiger partial charge in [-0.15, -0.1) is 22.7 Å². The van der Waals surface area contributed by atoms with Crippen molar-refractivity contribution in [3.63, 3.8) is 0 Å². The van der Waals surface area contributed by atoms with Crippen molar-refractivity contribution in [3.05, 3.63) is 92.3 Å². The first-order valence-electron chi connectivity index (χ1n) is 18.8. The van der Waals surface area contributed by atoms with Crippen LogP contribution in [0, 0.1) is 17.7 Å². The first-order valence-corrected chi connectivity index (χ1v) is 22.1. The number of ether oxygens (including phenoxy) is 2. The molecule has 3 aromatic carbocycles. The molecule has 2 unspecified atom stereocenters. The molecule has 3 aromatic heterocycles. The van der Waals surface area contributed by atoms with Crippen LogP contribution in [0.4, 0.5) is 4.39 Å². The Bertz CT molecular complexity index is 2100. The van der Waals surface area contributed by atoms with Gasteiger partial charge in [0.05, 0.1) is 43.3 Å². The van der Waals surface area contributed by atoms with Crippen molar-refractivity contribution >= 4 is 65.6 Å². The Morgan fingerprint density at radius 2 is 1.09 bits per heavy atom. The zero-order valence-corrected chi connectivity index (χ0v) is 35.7. The molecule has 2 atom stereocenters. The van der Waals surface area contributed by atoms with E-state index >= 15 is 4.39 Å². The third kappa shape index (κ3) is 9.77. The Morgan fingerprint density at radius 3 is 1.53 bits per heavy atom. The van der Waals surface area contributed by atoms with Gasteiger partial charge in [0.15, 0.2) is 0 Å². The molecule has 0 aliphatic rings. The molecular formula is C44H47Br2FN2O2S2. The lowest BCUT2D eigenvalue weighted by atomic mass is 9.99. The van der Waals surface area contributed by atoms with Crippen LogP contribution >= 0.6 is 54.5 Å². The molecule has 278 valence electrons. The number of benzene rings is 3. The molecule has 0 radical (unpaired) electrons. The Morgan fingerprint density at radius 1 is 0.623 bits per heavy atom. The molecule has 9 heteroatoms. The van der Waals surface area contributed by atoms with Crippen molar-refractivity contribution in [3.8, 4) is 54.9 Å². The quantitative estimate of drug-likeness (QED) is 0.0863. The number of halogens is 3. The highest BCUT2D eigenvalue weighted by Crippen LogP contribution is 2.44. The normalized spacial score (nSPS) is 12.7. The molecule has 0 aliphatic heterocycles. The molecule has 6 rings (SSSR count). The van der Waals surface area contributed by atoms with Crippen LogP contribution in [0.2, 0.25) is 0 Å². The molecule has 53 heavy (non-hydrogen) atoms. The minimum Gasteiger partial charge on any atom is -0.493 e. The molecule has 4 nitrogen and oxygen atoms in total. The van der Waals surface area contributed by atoms with Crippen molar-refractivity contribution < 1.29 is 13.9 Å². The van der Waals surface area contributed by atoms with Gasteiger partial charge < -0.3 is 9.47 Å². The topological polar surface area (TPSA) is 44.2 Å². The van der Waals surface area contributed by atoms with E-state index in [0.717, 1.165) is 58.5 Å². The Labute approximate surface area is 338 Å². The number of unbranched alkanes of at least 4 members (excludes halogenated alkanes) is 2. The highest BCUT2D eigenvalue weighted by molar-refractivity contribution is 9.11. The molecule has 3 heterocycles. The zero-order chi connectivity index (χ0) is 37.3. The Hall–Kier alpha value is -3.11. The van der Waals surface area contributed by atoms with Gasteiger partial charge in [-0.05, 0) is 135 Å². The molecule has 6 aromatic rings. The van der Waals surface area contributed by atoms with E-state index in [4.69, 9.17) is 19.4 Å². The maximum absolute atomic E-state index is 16.4. The lowest BCUT2D eigenvalue weighted by molar-refractivity contribution is 0.233. The van der Waals surface area contributed by atoms with E-state index in [-0.39, 0.29) is 5.82 Å². The second-order valence-electron chi connectivity index (χ2n) is 13.6. The van der Waals surface area contributed by atoms with Crippen molar-refractivity contribution in [1.29, 1.82) is 0 Å². The van der Waals surface area contributed by atoms with Gasteiger partial charge >= 0.3 is 0 Å². The molecule has 0 fully saturated rings. The molecule has 0 bridgehead atoms. The van der Waals surface area contributed by atoms with E-state index in [0.29, 0.717) is 52.9 Å². The number of fused-ring (bicyclic) bond motifs is 1. The third-order valence-electron chi connectivity index (χ3n) is 9.87. The van der Waals surface area contributed by atoms with E-state index in [1.54, 1.807) is 17.4 Å². The van der Waals surface area contributed by atoms with Crippen LogP contribution in [0.25, 0.3) is 54.4 Å². The predicted molar refractivity (Wildman–Crippen MR) is 230 cm³/mol. The Balaban J connectivity index is 1.46. The second-order valence-corrected chi connectivity index (χ2v) is 18.5. The van der Waals surface area contributed by atoms with Crippen molar-refractivity contribution in [2.45, 2.75) is 79.1 Å². The predicted octanol–water partition coefficient (Wildman–Crippen LogP) is 15.3. The summed E-state index contributed by atoms with van der Waals surface area (Å²) in [4.78, 5) is 12.4. The van der Waals surface area contributed by atoms with Crippen LogP contribution in [0.15, 0.2) is 86.4 Å². The lowest BCUT2D eigenvalue weighted by Crippen LogP contribution is -2.11. The van der Waals surface area contributed by atoms with Crippen LogP contribution in [0.5, 0.6) is 11.5 Å². The summed E-state index contributed by atoms with van der Waals surface area (Å²) in [5.41, 5.74) is 5.52. The van der Waals surface area contributed by atoms with Crippen LogP contribution in [0.1, 0.15) is 79.1 Å². The summed E-state index contributed by atoms with van der Waals surface area (Å²) in [6, 6.07) is 25.7. The molecule has 0 aliphatic carbocycles. The van der Waals surface area contributed by atoms with E-state index in [9.17, 15) is 0 Å². The Kier molecular flexibility index (Phi) is 14.2. The minimum absolute atomic E-state index is 0.331. The summed E-state index contributed by atoms with van der Waals surface area (Å²) in [5.74, 6) is 2.40. The average Bonchev–Trinajstić information content (AvgIpc) is 3.82. The van der Waals surface area contributed by atoms with Gasteiger partial charge in [0.2, 0.25) is 0 Å².